The zero-order chi connectivity index (χ0) is 15.6. The van der Waals surface area contributed by atoms with Crippen LogP contribution in [0.3, 0.4) is 0 Å². The molecule has 0 amide bonds. The molecule has 1 heterocycles. The van der Waals surface area contributed by atoms with Crippen LogP contribution in [0.1, 0.15) is 15.9 Å². The Bertz CT molecular complexity index is 689. The smallest absolute Gasteiger partial charge is 0.421 e. The number of carboxylic acids is 1. The molecule has 2 aromatic rings. The summed E-state index contributed by atoms with van der Waals surface area (Å²) in [6.07, 6.45) is -3.52. The number of carboxylic acid groups (broad SMARTS) is 1. The lowest BCUT2D eigenvalue weighted by Gasteiger charge is -2.13. The number of nitrogens with zero attached hydrogens (tertiary/aromatic N) is 1. The summed E-state index contributed by atoms with van der Waals surface area (Å²) in [5.41, 5.74) is -1.35. The summed E-state index contributed by atoms with van der Waals surface area (Å²) in [4.78, 5) is 14.6. The molecule has 110 valence electrons. The van der Waals surface area contributed by atoms with Crippen molar-refractivity contribution in [2.24, 2.45) is 0 Å². The molecule has 0 bridgehead atoms. The van der Waals surface area contributed by atoms with E-state index in [4.69, 9.17) is 9.84 Å². The summed E-state index contributed by atoms with van der Waals surface area (Å²) in [5, 5.41) is 9.05. The normalized spacial score (nSPS) is 11.2. The molecule has 0 aliphatic carbocycles. The number of alkyl halides is 3. The Morgan fingerprint density at radius 2 is 2.00 bits per heavy atom. The highest BCUT2D eigenvalue weighted by atomic mass is 79.9. The molecule has 0 fully saturated rings. The number of hydrogen-bond donors (Lipinski definition) is 1. The summed E-state index contributed by atoms with van der Waals surface area (Å²) < 4.78 is 44.0. The van der Waals surface area contributed by atoms with Gasteiger partial charge < -0.3 is 9.84 Å². The van der Waals surface area contributed by atoms with Crippen molar-refractivity contribution < 1.29 is 27.8 Å². The molecule has 0 aliphatic rings. The zero-order valence-electron chi connectivity index (χ0n) is 10.2. The molecule has 0 aliphatic heterocycles. The molecule has 0 saturated carbocycles. The lowest BCUT2D eigenvalue weighted by molar-refractivity contribution is -0.138. The SMILES string of the molecule is O=C(O)c1cc(Br)ccc1Oc1ncccc1C(F)(F)F. The van der Waals surface area contributed by atoms with Crippen molar-refractivity contribution in [3.63, 3.8) is 0 Å². The quantitative estimate of drug-likeness (QED) is 0.882. The Hall–Kier alpha value is -2.09. The van der Waals surface area contributed by atoms with Crippen LogP contribution in [0.5, 0.6) is 11.6 Å². The topological polar surface area (TPSA) is 59.4 Å². The van der Waals surface area contributed by atoms with Gasteiger partial charge in [0.25, 0.3) is 0 Å². The van der Waals surface area contributed by atoms with Gasteiger partial charge in [-0.1, -0.05) is 15.9 Å². The van der Waals surface area contributed by atoms with Crippen LogP contribution in [0.2, 0.25) is 0 Å². The monoisotopic (exact) mass is 361 g/mol. The largest absolute Gasteiger partial charge is 0.478 e. The van der Waals surface area contributed by atoms with E-state index in [1.165, 1.54) is 18.2 Å². The van der Waals surface area contributed by atoms with Crippen molar-refractivity contribution in [2.75, 3.05) is 0 Å². The Balaban J connectivity index is 2.47. The van der Waals surface area contributed by atoms with Gasteiger partial charge in [-0.15, -0.1) is 0 Å². The maximum absolute atomic E-state index is 12.8. The van der Waals surface area contributed by atoms with E-state index in [0.29, 0.717) is 4.47 Å². The number of aromatic nitrogens is 1. The minimum atomic E-state index is -4.65. The molecular weight excluding hydrogens is 355 g/mol. The number of halogens is 4. The molecule has 0 atom stereocenters. The minimum Gasteiger partial charge on any atom is -0.478 e. The number of aromatic carboxylic acids is 1. The fourth-order valence-corrected chi connectivity index (χ4v) is 1.91. The summed E-state index contributed by atoms with van der Waals surface area (Å²) in [6, 6.07) is 5.87. The molecule has 21 heavy (non-hydrogen) atoms. The van der Waals surface area contributed by atoms with Crippen molar-refractivity contribution >= 4 is 21.9 Å². The maximum atomic E-state index is 12.8. The number of benzene rings is 1. The third-order valence-corrected chi connectivity index (χ3v) is 2.95. The molecule has 0 unspecified atom stereocenters. The molecule has 2 rings (SSSR count). The number of rotatable bonds is 3. The van der Waals surface area contributed by atoms with Crippen molar-refractivity contribution in [3.05, 3.63) is 52.1 Å². The average molecular weight is 362 g/mol. The van der Waals surface area contributed by atoms with E-state index in [0.717, 1.165) is 18.3 Å². The highest BCUT2D eigenvalue weighted by molar-refractivity contribution is 9.10. The van der Waals surface area contributed by atoms with Crippen LogP contribution in [0.15, 0.2) is 41.0 Å². The first kappa shape index (κ1) is 15.3. The second-order valence-electron chi connectivity index (χ2n) is 3.90. The first-order valence-corrected chi connectivity index (χ1v) is 6.31. The predicted molar refractivity (Wildman–Crippen MR) is 70.4 cm³/mol. The molecular formula is C13H7BrF3NO3. The molecule has 1 aromatic heterocycles. The van der Waals surface area contributed by atoms with Gasteiger partial charge in [-0.2, -0.15) is 13.2 Å². The van der Waals surface area contributed by atoms with Gasteiger partial charge in [-0.3, -0.25) is 0 Å². The molecule has 1 aromatic carbocycles. The maximum Gasteiger partial charge on any atom is 0.421 e. The summed E-state index contributed by atoms with van der Waals surface area (Å²) in [6.45, 7) is 0. The van der Waals surface area contributed by atoms with Crippen molar-refractivity contribution in [3.8, 4) is 11.6 Å². The fourth-order valence-electron chi connectivity index (χ4n) is 1.55. The van der Waals surface area contributed by atoms with Crippen LogP contribution in [-0.4, -0.2) is 16.1 Å². The zero-order valence-corrected chi connectivity index (χ0v) is 11.8. The first-order valence-electron chi connectivity index (χ1n) is 5.52. The Kier molecular flexibility index (Phi) is 4.17. The van der Waals surface area contributed by atoms with E-state index in [2.05, 4.69) is 20.9 Å². The van der Waals surface area contributed by atoms with Gasteiger partial charge in [0.2, 0.25) is 5.88 Å². The van der Waals surface area contributed by atoms with Crippen molar-refractivity contribution in [2.45, 2.75) is 6.18 Å². The predicted octanol–water partition coefficient (Wildman–Crippen LogP) is 4.35. The van der Waals surface area contributed by atoms with Gasteiger partial charge in [0.15, 0.2) is 0 Å². The van der Waals surface area contributed by atoms with Crippen LogP contribution >= 0.6 is 15.9 Å². The second kappa shape index (κ2) is 5.72. The number of ether oxygens (including phenoxy) is 1. The van der Waals surface area contributed by atoms with E-state index >= 15 is 0 Å². The third kappa shape index (κ3) is 3.52. The Morgan fingerprint density at radius 1 is 1.29 bits per heavy atom. The van der Waals surface area contributed by atoms with Gasteiger partial charge >= 0.3 is 12.1 Å². The molecule has 4 nitrogen and oxygen atoms in total. The first-order chi connectivity index (χ1) is 9.79. The Labute approximate surface area is 125 Å². The summed E-state index contributed by atoms with van der Waals surface area (Å²) in [5.74, 6) is -2.25. The molecule has 8 heteroatoms. The van der Waals surface area contributed by atoms with Gasteiger partial charge in [-0.05, 0) is 30.3 Å². The summed E-state index contributed by atoms with van der Waals surface area (Å²) >= 11 is 3.08. The van der Waals surface area contributed by atoms with E-state index < -0.39 is 23.6 Å². The minimum absolute atomic E-state index is 0.227. The highest BCUT2D eigenvalue weighted by Crippen LogP contribution is 2.37. The number of carbonyl (C=O) groups is 1. The molecule has 0 spiro atoms. The lowest BCUT2D eigenvalue weighted by Crippen LogP contribution is -2.09. The van der Waals surface area contributed by atoms with E-state index in [1.54, 1.807) is 0 Å². The molecule has 0 radical (unpaired) electrons. The third-order valence-electron chi connectivity index (χ3n) is 2.46. The standard InChI is InChI=1S/C13H7BrF3NO3/c14-7-3-4-10(8(6-7)12(19)20)21-11-9(13(15,16)17)2-1-5-18-11/h1-6H,(H,19,20). The average Bonchev–Trinajstić information content (AvgIpc) is 2.40. The molecule has 0 saturated heterocycles. The molecule has 1 N–H and O–H groups in total. The van der Waals surface area contributed by atoms with E-state index in [-0.39, 0.29) is 11.3 Å². The van der Waals surface area contributed by atoms with Crippen molar-refractivity contribution in [1.82, 2.24) is 4.98 Å². The van der Waals surface area contributed by atoms with Crippen LogP contribution in [0.25, 0.3) is 0 Å². The Morgan fingerprint density at radius 3 is 2.62 bits per heavy atom. The fraction of sp³-hybridized carbons (Fsp3) is 0.0769. The van der Waals surface area contributed by atoms with Gasteiger partial charge in [-0.25, -0.2) is 9.78 Å². The second-order valence-corrected chi connectivity index (χ2v) is 4.82. The van der Waals surface area contributed by atoms with Crippen LogP contribution in [0.4, 0.5) is 13.2 Å². The van der Waals surface area contributed by atoms with Gasteiger partial charge in [0.1, 0.15) is 16.9 Å². The highest BCUT2D eigenvalue weighted by Gasteiger charge is 2.35. The van der Waals surface area contributed by atoms with Crippen LogP contribution in [-0.2, 0) is 6.18 Å². The van der Waals surface area contributed by atoms with Crippen LogP contribution < -0.4 is 4.74 Å². The lowest BCUT2D eigenvalue weighted by atomic mass is 10.2. The summed E-state index contributed by atoms with van der Waals surface area (Å²) in [7, 11) is 0. The number of pyridine rings is 1. The van der Waals surface area contributed by atoms with Crippen molar-refractivity contribution in [1.29, 1.82) is 0 Å². The number of hydrogen-bond acceptors (Lipinski definition) is 3. The van der Waals surface area contributed by atoms with E-state index in [1.807, 2.05) is 0 Å². The van der Waals surface area contributed by atoms with E-state index in [9.17, 15) is 18.0 Å². The van der Waals surface area contributed by atoms with Gasteiger partial charge in [0.05, 0.1) is 0 Å². The van der Waals surface area contributed by atoms with Crippen LogP contribution in [0, 0.1) is 0 Å². The van der Waals surface area contributed by atoms with Gasteiger partial charge in [0, 0.05) is 10.7 Å².